The van der Waals surface area contributed by atoms with Crippen molar-refractivity contribution >= 4 is 8.60 Å². The van der Waals surface area contributed by atoms with Crippen LogP contribution in [0.1, 0.15) is 0 Å². The lowest BCUT2D eigenvalue weighted by Crippen LogP contribution is -2.05. The minimum Gasteiger partial charge on any atom is -0.328 e. The van der Waals surface area contributed by atoms with Crippen LogP contribution in [-0.2, 0) is 9.05 Å². The predicted octanol–water partition coefficient (Wildman–Crippen LogP) is 1.77. The second kappa shape index (κ2) is 6.54. The molecule has 12 heavy (non-hydrogen) atoms. The van der Waals surface area contributed by atoms with Crippen LogP contribution in [0.5, 0.6) is 0 Å². The van der Waals surface area contributed by atoms with E-state index in [1.165, 1.54) is 0 Å². The fourth-order valence-corrected chi connectivity index (χ4v) is 0.832. The van der Waals surface area contributed by atoms with Crippen LogP contribution in [-0.4, -0.2) is 31.0 Å². The fourth-order valence-electron chi connectivity index (χ4n) is 0.277. The fraction of sp³-hybridized carbons (Fsp3) is 1.00. The first kappa shape index (κ1) is 12.0. The first-order chi connectivity index (χ1) is 5.52. The Balaban J connectivity index is 3.27. The van der Waals surface area contributed by atoms with Crippen molar-refractivity contribution < 1.29 is 31.5 Å². The maximum atomic E-state index is 11.4. The number of alkyl halides is 4. The van der Waals surface area contributed by atoms with Gasteiger partial charge >= 0.3 is 8.60 Å². The van der Waals surface area contributed by atoms with Crippen LogP contribution in [0.25, 0.3) is 0 Å². The SMILES string of the molecule is OP(OCC(F)F)OCC(F)F. The topological polar surface area (TPSA) is 38.7 Å². The molecule has 0 fully saturated rings. The molecule has 0 aromatic rings. The molecule has 1 N–H and O–H groups in total. The van der Waals surface area contributed by atoms with Gasteiger partial charge in [0, 0.05) is 0 Å². The van der Waals surface area contributed by atoms with Crippen LogP contribution >= 0.6 is 8.60 Å². The summed E-state index contributed by atoms with van der Waals surface area (Å²) in [4.78, 5) is 8.50. The summed E-state index contributed by atoms with van der Waals surface area (Å²) < 4.78 is 53.4. The standard InChI is InChI=1S/C4H7F4O3P/c5-3(6)1-10-12(9)11-2-4(7)8/h3-4,9H,1-2H2. The van der Waals surface area contributed by atoms with Gasteiger partial charge in [0.2, 0.25) is 0 Å². The molecule has 0 spiro atoms. The molecule has 74 valence electrons. The lowest BCUT2D eigenvalue weighted by molar-refractivity contribution is 0.0457. The van der Waals surface area contributed by atoms with Gasteiger partial charge in [0.05, 0.1) is 0 Å². The van der Waals surface area contributed by atoms with Crippen molar-refractivity contribution in [3.63, 3.8) is 0 Å². The molecule has 0 rings (SSSR count). The predicted molar refractivity (Wildman–Crippen MR) is 33.1 cm³/mol. The lowest BCUT2D eigenvalue weighted by atomic mass is 10.8. The molecule has 3 nitrogen and oxygen atoms in total. The number of hydrogen-bond acceptors (Lipinski definition) is 3. The molecule has 8 heteroatoms. The normalized spacial score (nSPS) is 12.0. The Labute approximate surface area is 67.3 Å². The van der Waals surface area contributed by atoms with Gasteiger partial charge in [0.15, 0.2) is 0 Å². The van der Waals surface area contributed by atoms with Crippen molar-refractivity contribution in [1.29, 1.82) is 0 Å². The van der Waals surface area contributed by atoms with E-state index in [2.05, 4.69) is 9.05 Å². The second-order valence-electron chi connectivity index (χ2n) is 1.61. The summed E-state index contributed by atoms with van der Waals surface area (Å²) in [6, 6.07) is 0. The van der Waals surface area contributed by atoms with Crippen LogP contribution in [0.4, 0.5) is 17.6 Å². The first-order valence-electron chi connectivity index (χ1n) is 2.83. The Morgan fingerprint density at radius 2 is 1.33 bits per heavy atom. The lowest BCUT2D eigenvalue weighted by Gasteiger charge is -2.09. The molecule has 0 saturated heterocycles. The van der Waals surface area contributed by atoms with Gasteiger partial charge in [0.25, 0.3) is 12.9 Å². The highest BCUT2D eigenvalue weighted by molar-refractivity contribution is 7.40. The average Bonchev–Trinajstić information content (AvgIpc) is 1.96. The summed E-state index contributed by atoms with van der Waals surface area (Å²) >= 11 is 0. The largest absolute Gasteiger partial charge is 0.330 e. The van der Waals surface area contributed by atoms with E-state index in [0.29, 0.717) is 0 Å². The molecule has 0 aromatic heterocycles. The third kappa shape index (κ3) is 8.13. The monoisotopic (exact) mass is 210 g/mol. The van der Waals surface area contributed by atoms with Gasteiger partial charge in [-0.05, 0) is 0 Å². The van der Waals surface area contributed by atoms with Crippen LogP contribution in [0.3, 0.4) is 0 Å². The van der Waals surface area contributed by atoms with Gasteiger partial charge in [-0.2, -0.15) is 0 Å². The highest BCUT2D eigenvalue weighted by Crippen LogP contribution is 2.33. The van der Waals surface area contributed by atoms with Gasteiger partial charge in [-0.15, -0.1) is 0 Å². The van der Waals surface area contributed by atoms with Gasteiger partial charge < -0.3 is 13.9 Å². The number of hydrogen-bond donors (Lipinski definition) is 1. The van der Waals surface area contributed by atoms with E-state index in [1.54, 1.807) is 0 Å². The second-order valence-corrected chi connectivity index (χ2v) is 2.60. The van der Waals surface area contributed by atoms with E-state index in [1.807, 2.05) is 0 Å². The summed E-state index contributed by atoms with van der Waals surface area (Å²) in [5.41, 5.74) is 0. The molecule has 0 aliphatic heterocycles. The summed E-state index contributed by atoms with van der Waals surface area (Å²) in [6.07, 6.45) is -5.51. The minimum atomic E-state index is -2.75. The molecule has 0 aromatic carbocycles. The molecule has 0 atom stereocenters. The zero-order chi connectivity index (χ0) is 9.56. The van der Waals surface area contributed by atoms with Crippen LogP contribution in [0, 0.1) is 0 Å². The van der Waals surface area contributed by atoms with E-state index < -0.39 is 34.7 Å². The molecule has 0 bridgehead atoms. The third-order valence-electron chi connectivity index (χ3n) is 0.622. The van der Waals surface area contributed by atoms with Gasteiger partial charge in [-0.1, -0.05) is 0 Å². The third-order valence-corrected chi connectivity index (χ3v) is 1.36. The van der Waals surface area contributed by atoms with Crippen molar-refractivity contribution in [2.75, 3.05) is 13.2 Å². The van der Waals surface area contributed by atoms with Crippen molar-refractivity contribution in [2.45, 2.75) is 12.9 Å². The van der Waals surface area contributed by atoms with Gasteiger partial charge in [-0.25, -0.2) is 17.6 Å². The Morgan fingerprint density at radius 1 is 1.00 bits per heavy atom. The summed E-state index contributed by atoms with van der Waals surface area (Å²) in [5, 5.41) is 0. The molecule has 0 aliphatic rings. The molecular formula is C4H7F4O3P. The summed E-state index contributed by atoms with van der Waals surface area (Å²) in [6.45, 7) is -2.04. The van der Waals surface area contributed by atoms with Gasteiger partial charge in [-0.3, -0.25) is 0 Å². The van der Waals surface area contributed by atoms with E-state index in [0.717, 1.165) is 0 Å². The van der Waals surface area contributed by atoms with Crippen molar-refractivity contribution in [3.05, 3.63) is 0 Å². The van der Waals surface area contributed by atoms with Crippen LogP contribution < -0.4 is 0 Å². The minimum absolute atomic E-state index is 1.02. The zero-order valence-corrected chi connectivity index (χ0v) is 6.69. The summed E-state index contributed by atoms with van der Waals surface area (Å²) in [7, 11) is -2.61. The van der Waals surface area contributed by atoms with E-state index >= 15 is 0 Å². The Hall–Kier alpha value is 0.0300. The van der Waals surface area contributed by atoms with E-state index in [9.17, 15) is 17.6 Å². The molecule has 0 aliphatic carbocycles. The zero-order valence-electron chi connectivity index (χ0n) is 5.79. The van der Waals surface area contributed by atoms with Crippen molar-refractivity contribution in [1.82, 2.24) is 0 Å². The molecule has 0 heterocycles. The van der Waals surface area contributed by atoms with Crippen LogP contribution in [0.2, 0.25) is 0 Å². The highest BCUT2D eigenvalue weighted by Gasteiger charge is 2.13. The summed E-state index contributed by atoms with van der Waals surface area (Å²) in [5.74, 6) is 0. The maximum Gasteiger partial charge on any atom is 0.330 e. The molecule has 0 unspecified atom stereocenters. The van der Waals surface area contributed by atoms with E-state index in [-0.39, 0.29) is 0 Å². The van der Waals surface area contributed by atoms with Crippen molar-refractivity contribution in [2.24, 2.45) is 0 Å². The smallest absolute Gasteiger partial charge is 0.328 e. The molecule has 0 amide bonds. The molecule has 0 radical (unpaired) electrons. The maximum absolute atomic E-state index is 11.4. The average molecular weight is 210 g/mol. The number of rotatable bonds is 6. The first-order valence-corrected chi connectivity index (χ1v) is 3.96. The Kier molecular flexibility index (Phi) is 6.55. The quantitative estimate of drug-likeness (QED) is 0.536. The molecular weight excluding hydrogens is 203 g/mol. The van der Waals surface area contributed by atoms with E-state index in [4.69, 9.17) is 4.89 Å². The Morgan fingerprint density at radius 3 is 1.58 bits per heavy atom. The van der Waals surface area contributed by atoms with Crippen LogP contribution in [0.15, 0.2) is 0 Å². The Bertz CT molecular complexity index is 102. The highest BCUT2D eigenvalue weighted by atomic mass is 31.2. The molecule has 0 saturated carbocycles. The van der Waals surface area contributed by atoms with Gasteiger partial charge in [0.1, 0.15) is 13.2 Å². The number of halogens is 4. The van der Waals surface area contributed by atoms with Crippen molar-refractivity contribution in [3.8, 4) is 0 Å².